The van der Waals surface area contributed by atoms with Gasteiger partial charge >= 0.3 is 0 Å². The van der Waals surface area contributed by atoms with Gasteiger partial charge in [0.05, 0.1) is 59.0 Å². The van der Waals surface area contributed by atoms with Crippen LogP contribution in [0.25, 0.3) is 11.1 Å². The number of aromatic nitrogens is 9. The summed E-state index contributed by atoms with van der Waals surface area (Å²) in [6.07, 6.45) is 12.5. The van der Waals surface area contributed by atoms with Crippen LogP contribution in [-0.4, -0.2) is 133 Å². The highest BCUT2D eigenvalue weighted by Crippen LogP contribution is 2.46. The fraction of sp³-hybridized carbons (Fsp3) is 0.633. The maximum atomic E-state index is 14.9. The Bertz CT molecular complexity index is 2790. The molecule has 3 aliphatic carbocycles. The van der Waals surface area contributed by atoms with E-state index in [0.29, 0.717) is 35.0 Å². The minimum atomic E-state index is -0.860. The number of β-amino-alcohol motifs (C(OH)–C–C–N with tert-alkyl or cyclic N) is 1. The van der Waals surface area contributed by atoms with E-state index < -0.39 is 47.2 Å². The molecule has 5 aliphatic rings. The van der Waals surface area contributed by atoms with Crippen molar-refractivity contribution in [3.05, 3.63) is 69.2 Å². The van der Waals surface area contributed by atoms with Crippen LogP contribution in [0.15, 0.2) is 56.3 Å². The topological polar surface area (TPSA) is 234 Å². The minimum Gasteiger partial charge on any atom is -0.439 e. The maximum Gasteiger partial charge on any atom is 0.248 e. The van der Waals surface area contributed by atoms with Crippen molar-refractivity contribution in [1.29, 1.82) is 0 Å². The third kappa shape index (κ3) is 10.6. The fourth-order valence-electron chi connectivity index (χ4n) is 10.9. The summed E-state index contributed by atoms with van der Waals surface area (Å²) in [6, 6.07) is 2.05. The van der Waals surface area contributed by atoms with Crippen molar-refractivity contribution in [3.8, 4) is 0 Å². The average Bonchev–Trinajstić information content (AvgIpc) is 3.74. The number of carbonyl (C=O) groups excluding carboxylic acids is 4. The van der Waals surface area contributed by atoms with Gasteiger partial charge in [0.1, 0.15) is 29.7 Å². The lowest BCUT2D eigenvalue weighted by atomic mass is 9.85. The Kier molecular flexibility index (Phi) is 13.5. The van der Waals surface area contributed by atoms with E-state index in [2.05, 4.69) is 73.2 Å². The van der Waals surface area contributed by atoms with Crippen LogP contribution >= 0.6 is 31.9 Å². The molecule has 20 nitrogen and oxygen atoms in total. The Labute approximate surface area is 428 Å². The Morgan fingerprint density at radius 2 is 1.48 bits per heavy atom. The fourth-order valence-corrected chi connectivity index (χ4v) is 11.5. The third-order valence-electron chi connectivity index (χ3n) is 14.7. The molecular weight excluding hydrogens is 1040 g/mol. The molecule has 380 valence electrons. The molecule has 22 heteroatoms. The Balaban J connectivity index is 0.828. The Morgan fingerprint density at radius 3 is 2.15 bits per heavy atom. The van der Waals surface area contributed by atoms with Crippen LogP contribution in [0, 0.1) is 10.8 Å². The van der Waals surface area contributed by atoms with E-state index in [-0.39, 0.29) is 80.2 Å². The third-order valence-corrected chi connectivity index (χ3v) is 15.6. The highest BCUT2D eigenvalue weighted by Gasteiger charge is 2.51. The number of nitrogens with one attached hydrogen (secondary N) is 2. The molecule has 3 N–H and O–H groups in total. The molecule has 5 aromatic rings. The summed E-state index contributed by atoms with van der Waals surface area (Å²) < 4.78 is 19.5. The van der Waals surface area contributed by atoms with Crippen molar-refractivity contribution in [3.63, 3.8) is 0 Å². The van der Waals surface area contributed by atoms with Crippen LogP contribution in [0.1, 0.15) is 147 Å². The quantitative estimate of drug-likeness (QED) is 0.118. The monoisotopic (exact) mass is 1100 g/mol. The maximum absolute atomic E-state index is 14.9. The number of hydrogen-bond acceptors (Lipinski definition) is 13. The summed E-state index contributed by atoms with van der Waals surface area (Å²) in [6.45, 7) is 12.0. The second-order valence-electron chi connectivity index (χ2n) is 22.4. The van der Waals surface area contributed by atoms with Crippen molar-refractivity contribution in [2.75, 3.05) is 13.1 Å². The highest BCUT2D eigenvalue weighted by molar-refractivity contribution is 9.10. The first-order valence-electron chi connectivity index (χ1n) is 24.9. The smallest absolute Gasteiger partial charge is 0.248 e. The van der Waals surface area contributed by atoms with Gasteiger partial charge < -0.3 is 34.7 Å². The van der Waals surface area contributed by atoms with E-state index in [1.165, 1.54) is 4.90 Å². The van der Waals surface area contributed by atoms with Gasteiger partial charge in [0.25, 0.3) is 0 Å². The number of aliphatic hydroxyl groups excluding tert-OH is 1. The SMILES string of the molecule is CC(C)(C)[C@@H](C(=O)N1C[C@H](OC2CC2c2cn([C@H](C(=O)N3C[C@H](O)C[C@H]3C(=O)N[C@@H]3CCCC[C@@H]3n3cc(Br)cn3)C(C)(C)C)nn2)C[C@H]1C(=O)NCc1nc2ccc(Br)cc2o1)n1cc(C2CC2)nn1. The standard InChI is InChI=1S/C49H63Br2N13O7/c1-48(2,3)42(46(68)60-22-29(65)16-37(60)45(67)55-32-9-7-8-10-36(32)62-21-28(51)19-53-62)64-25-35(57-59-64)31-18-39(31)70-30-17-38(44(66)52-20-41-54-33-14-13-27(50)15-40(33)71-41)61(23-30)47(69)43(49(4,5)6)63-24-34(56-58-63)26-11-12-26/h13-15,19,21,24-26,29-32,36-39,42-43,65H,7-12,16-18,20,22-23H2,1-6H3,(H,52,66)(H,55,67)/t29-,30-,31?,32-,36+,37+,38+,39?,42-,43-/m1/s1. The molecule has 10 atom stereocenters. The molecule has 0 spiro atoms. The number of aliphatic hydroxyl groups is 1. The first kappa shape index (κ1) is 49.5. The van der Waals surface area contributed by atoms with E-state index in [9.17, 15) is 24.3 Å². The van der Waals surface area contributed by atoms with Crippen LogP contribution in [0.3, 0.4) is 0 Å². The van der Waals surface area contributed by atoms with Crippen molar-refractivity contribution in [1.82, 2.24) is 65.2 Å². The van der Waals surface area contributed by atoms with Gasteiger partial charge in [0.2, 0.25) is 29.5 Å². The summed E-state index contributed by atoms with van der Waals surface area (Å²) in [5.74, 6) is -0.655. The number of likely N-dealkylation sites (tertiary alicyclic amines) is 2. The normalized spacial score (nSPS) is 26.7. The molecule has 10 rings (SSSR count). The predicted molar refractivity (Wildman–Crippen MR) is 264 cm³/mol. The molecule has 2 saturated heterocycles. The van der Waals surface area contributed by atoms with Gasteiger partial charge in [0, 0.05) is 60.8 Å². The van der Waals surface area contributed by atoms with E-state index in [4.69, 9.17) is 9.15 Å². The number of hydrogen-bond donors (Lipinski definition) is 3. The number of ether oxygens (including phenoxy) is 1. The van der Waals surface area contributed by atoms with Crippen LogP contribution in [0.4, 0.5) is 0 Å². The summed E-state index contributed by atoms with van der Waals surface area (Å²) in [5, 5.41) is 39.6. The second kappa shape index (κ2) is 19.4. The van der Waals surface area contributed by atoms with Gasteiger partial charge in [-0.15, -0.1) is 10.2 Å². The number of amides is 4. The van der Waals surface area contributed by atoms with E-state index in [1.807, 2.05) is 76.8 Å². The molecule has 3 saturated carbocycles. The lowest BCUT2D eigenvalue weighted by molar-refractivity contribution is -0.144. The van der Waals surface area contributed by atoms with Gasteiger partial charge in [-0.1, -0.05) is 80.7 Å². The lowest BCUT2D eigenvalue weighted by Crippen LogP contribution is -2.53. The van der Waals surface area contributed by atoms with Crippen LogP contribution in [0.5, 0.6) is 0 Å². The number of fused-ring (bicyclic) bond motifs is 1. The van der Waals surface area contributed by atoms with Crippen LogP contribution in [-0.2, 0) is 30.5 Å². The van der Waals surface area contributed by atoms with Crippen LogP contribution in [0.2, 0.25) is 0 Å². The molecule has 2 aliphatic heterocycles. The molecular formula is C49H63Br2N13O7. The first-order chi connectivity index (χ1) is 33.8. The number of benzene rings is 1. The summed E-state index contributed by atoms with van der Waals surface area (Å²) in [5.41, 5.74) is 1.55. The number of nitrogens with zero attached hydrogens (tertiary/aromatic N) is 11. The number of oxazole rings is 1. The Morgan fingerprint density at radius 1 is 0.817 bits per heavy atom. The van der Waals surface area contributed by atoms with Gasteiger partial charge in [0.15, 0.2) is 5.58 Å². The van der Waals surface area contributed by atoms with E-state index >= 15 is 0 Å². The van der Waals surface area contributed by atoms with Crippen molar-refractivity contribution in [2.24, 2.45) is 10.8 Å². The van der Waals surface area contributed by atoms with Gasteiger partial charge in [-0.05, 0) is 77.1 Å². The summed E-state index contributed by atoms with van der Waals surface area (Å²) >= 11 is 6.95. The average molecular weight is 1110 g/mol. The molecule has 0 bridgehead atoms. The molecule has 6 heterocycles. The minimum absolute atomic E-state index is 0.0233. The number of halogens is 2. The zero-order chi connectivity index (χ0) is 50.1. The first-order valence-corrected chi connectivity index (χ1v) is 26.5. The van der Waals surface area contributed by atoms with Gasteiger partial charge in [-0.3, -0.25) is 23.9 Å². The zero-order valence-electron chi connectivity index (χ0n) is 40.9. The van der Waals surface area contributed by atoms with Crippen molar-refractivity contribution in [2.45, 2.75) is 172 Å². The van der Waals surface area contributed by atoms with Crippen molar-refractivity contribution < 1.29 is 33.4 Å². The molecule has 5 fully saturated rings. The Hall–Kier alpha value is -5.06. The lowest BCUT2D eigenvalue weighted by Gasteiger charge is -2.36. The van der Waals surface area contributed by atoms with Gasteiger partial charge in [-0.25, -0.2) is 14.3 Å². The van der Waals surface area contributed by atoms with Crippen molar-refractivity contribution >= 4 is 66.6 Å². The molecule has 0 radical (unpaired) electrons. The molecule has 4 aromatic heterocycles. The summed E-state index contributed by atoms with van der Waals surface area (Å²) in [7, 11) is 0. The predicted octanol–water partition coefficient (Wildman–Crippen LogP) is 5.90. The highest BCUT2D eigenvalue weighted by atomic mass is 79.9. The largest absolute Gasteiger partial charge is 0.439 e. The number of carbonyl (C=O) groups is 4. The van der Waals surface area contributed by atoms with E-state index in [0.717, 1.165) is 53.2 Å². The molecule has 2 unspecified atom stereocenters. The molecule has 1 aromatic carbocycles. The molecule has 71 heavy (non-hydrogen) atoms. The zero-order valence-corrected chi connectivity index (χ0v) is 44.1. The van der Waals surface area contributed by atoms with E-state index in [1.54, 1.807) is 26.7 Å². The van der Waals surface area contributed by atoms with Crippen LogP contribution < -0.4 is 10.6 Å². The molecule has 4 amide bonds. The second-order valence-corrected chi connectivity index (χ2v) is 24.2. The summed E-state index contributed by atoms with van der Waals surface area (Å²) in [4.78, 5) is 65.6. The van der Waals surface area contributed by atoms with Gasteiger partial charge in [-0.2, -0.15) is 5.10 Å². The number of rotatable bonds is 14.